The zero-order valence-electron chi connectivity index (χ0n) is 12.2. The van der Waals surface area contributed by atoms with Crippen molar-refractivity contribution in [1.82, 2.24) is 5.32 Å². The van der Waals surface area contributed by atoms with Gasteiger partial charge < -0.3 is 15.7 Å². The van der Waals surface area contributed by atoms with E-state index in [1.165, 1.54) is 0 Å². The number of nitrogens with zero attached hydrogens (tertiary/aromatic N) is 1. The number of urea groups is 1. The van der Waals surface area contributed by atoms with Crippen LogP contribution in [0.4, 0.5) is 10.5 Å². The Labute approximate surface area is 125 Å². The van der Waals surface area contributed by atoms with Gasteiger partial charge in [0.1, 0.15) is 0 Å². The minimum absolute atomic E-state index is 0.159. The summed E-state index contributed by atoms with van der Waals surface area (Å²) in [6, 6.07) is 7.22. The summed E-state index contributed by atoms with van der Waals surface area (Å²) in [5, 5.41) is 23.8. The summed E-state index contributed by atoms with van der Waals surface area (Å²) in [4.78, 5) is 12.0. The Kier molecular flexibility index (Phi) is 5.18. The van der Waals surface area contributed by atoms with Gasteiger partial charge in [0.05, 0.1) is 11.6 Å². The second kappa shape index (κ2) is 7.09. The first-order valence-electron chi connectivity index (χ1n) is 7.31. The van der Waals surface area contributed by atoms with Crippen molar-refractivity contribution in [1.29, 1.82) is 5.26 Å². The summed E-state index contributed by atoms with van der Waals surface area (Å²) in [6.07, 6.45) is 3.69. The largest absolute Gasteiger partial charge is 0.396 e. The fourth-order valence-electron chi connectivity index (χ4n) is 2.66. The molecule has 1 fully saturated rings. The van der Waals surface area contributed by atoms with Crippen LogP contribution >= 0.6 is 0 Å². The standard InChI is InChI=1S/C16H21N3O2/c1-11-2-3-13(9-17)8-15(11)19-16(21)18-14-6-4-12(10-20)5-7-14/h2-3,8,12,14,20H,4-7,10H2,1H3,(H2,18,19,21). The average Bonchev–Trinajstić information content (AvgIpc) is 2.50. The number of aliphatic hydroxyl groups excluding tert-OH is 1. The molecule has 112 valence electrons. The Balaban J connectivity index is 1.89. The van der Waals surface area contributed by atoms with Gasteiger partial charge in [0.25, 0.3) is 0 Å². The molecule has 1 saturated carbocycles. The van der Waals surface area contributed by atoms with E-state index in [9.17, 15) is 4.79 Å². The van der Waals surface area contributed by atoms with Crippen molar-refractivity contribution >= 4 is 11.7 Å². The van der Waals surface area contributed by atoms with Gasteiger partial charge in [-0.25, -0.2) is 4.79 Å². The number of nitriles is 1. The van der Waals surface area contributed by atoms with Crippen LogP contribution in [-0.4, -0.2) is 23.8 Å². The number of aryl methyl sites for hydroxylation is 1. The van der Waals surface area contributed by atoms with Crippen LogP contribution < -0.4 is 10.6 Å². The van der Waals surface area contributed by atoms with Crippen molar-refractivity contribution < 1.29 is 9.90 Å². The summed E-state index contributed by atoms with van der Waals surface area (Å²) in [5.74, 6) is 0.376. The molecule has 2 rings (SSSR count). The van der Waals surface area contributed by atoms with Crippen molar-refractivity contribution in [3.63, 3.8) is 0 Å². The highest BCUT2D eigenvalue weighted by atomic mass is 16.3. The van der Waals surface area contributed by atoms with Gasteiger partial charge >= 0.3 is 6.03 Å². The first-order valence-corrected chi connectivity index (χ1v) is 7.31. The number of benzene rings is 1. The molecule has 3 N–H and O–H groups in total. The first-order chi connectivity index (χ1) is 10.1. The third-order valence-electron chi connectivity index (χ3n) is 4.06. The molecule has 0 bridgehead atoms. The van der Waals surface area contributed by atoms with Gasteiger partial charge in [0, 0.05) is 18.3 Å². The topological polar surface area (TPSA) is 85.2 Å². The van der Waals surface area contributed by atoms with Crippen LogP contribution in [0, 0.1) is 24.2 Å². The number of anilines is 1. The Bertz CT molecular complexity index is 543. The summed E-state index contributed by atoms with van der Waals surface area (Å²) in [5.41, 5.74) is 2.11. The highest BCUT2D eigenvalue weighted by molar-refractivity contribution is 5.90. The van der Waals surface area contributed by atoms with Crippen LogP contribution in [0.15, 0.2) is 18.2 Å². The maximum Gasteiger partial charge on any atom is 0.319 e. The molecule has 0 saturated heterocycles. The van der Waals surface area contributed by atoms with E-state index in [0.29, 0.717) is 17.2 Å². The van der Waals surface area contributed by atoms with E-state index in [4.69, 9.17) is 10.4 Å². The molecular formula is C16H21N3O2. The Morgan fingerprint density at radius 3 is 2.71 bits per heavy atom. The van der Waals surface area contributed by atoms with Crippen LogP contribution in [-0.2, 0) is 0 Å². The van der Waals surface area contributed by atoms with Crippen LogP contribution in [0.3, 0.4) is 0 Å². The highest BCUT2D eigenvalue weighted by Crippen LogP contribution is 2.24. The SMILES string of the molecule is Cc1ccc(C#N)cc1NC(=O)NC1CCC(CO)CC1. The molecule has 2 amide bonds. The minimum atomic E-state index is -0.236. The lowest BCUT2D eigenvalue weighted by atomic mass is 9.87. The number of hydrogen-bond acceptors (Lipinski definition) is 3. The molecular weight excluding hydrogens is 266 g/mol. The first kappa shape index (κ1) is 15.3. The maximum absolute atomic E-state index is 12.0. The van der Waals surface area contributed by atoms with Crippen LogP contribution in [0.1, 0.15) is 36.8 Å². The Morgan fingerprint density at radius 1 is 1.38 bits per heavy atom. The second-order valence-electron chi connectivity index (χ2n) is 5.64. The molecule has 5 nitrogen and oxygen atoms in total. The van der Waals surface area contributed by atoms with Gasteiger partial charge in [0.15, 0.2) is 0 Å². The summed E-state index contributed by atoms with van der Waals surface area (Å²) < 4.78 is 0. The summed E-state index contributed by atoms with van der Waals surface area (Å²) >= 11 is 0. The Hall–Kier alpha value is -2.06. The van der Waals surface area contributed by atoms with Crippen LogP contribution in [0.2, 0.25) is 0 Å². The maximum atomic E-state index is 12.0. The predicted octanol–water partition coefficient (Wildman–Crippen LogP) is 2.54. The van der Waals surface area contributed by atoms with Crippen molar-refractivity contribution in [3.05, 3.63) is 29.3 Å². The van der Waals surface area contributed by atoms with E-state index < -0.39 is 0 Å². The number of carbonyl (C=O) groups excluding carboxylic acids is 1. The molecule has 0 atom stereocenters. The molecule has 0 radical (unpaired) electrons. The molecule has 1 aliphatic carbocycles. The lowest BCUT2D eigenvalue weighted by molar-refractivity contribution is 0.176. The van der Waals surface area contributed by atoms with E-state index in [1.54, 1.807) is 12.1 Å². The Morgan fingerprint density at radius 2 is 2.10 bits per heavy atom. The molecule has 0 aromatic heterocycles. The van der Waals surface area contributed by atoms with Crippen molar-refractivity contribution in [2.24, 2.45) is 5.92 Å². The number of aliphatic hydroxyl groups is 1. The number of carbonyl (C=O) groups is 1. The summed E-state index contributed by atoms with van der Waals surface area (Å²) in [6.45, 7) is 2.13. The minimum Gasteiger partial charge on any atom is -0.396 e. The fraction of sp³-hybridized carbons (Fsp3) is 0.500. The zero-order chi connectivity index (χ0) is 15.2. The number of amides is 2. The second-order valence-corrected chi connectivity index (χ2v) is 5.64. The van der Waals surface area contributed by atoms with Crippen LogP contribution in [0.5, 0.6) is 0 Å². The van der Waals surface area contributed by atoms with E-state index in [-0.39, 0.29) is 18.7 Å². The molecule has 21 heavy (non-hydrogen) atoms. The molecule has 0 unspecified atom stereocenters. The van der Waals surface area contributed by atoms with E-state index >= 15 is 0 Å². The van der Waals surface area contributed by atoms with Gasteiger partial charge in [-0.3, -0.25) is 0 Å². The monoisotopic (exact) mass is 287 g/mol. The quantitative estimate of drug-likeness (QED) is 0.798. The van der Waals surface area contributed by atoms with Crippen LogP contribution in [0.25, 0.3) is 0 Å². The number of nitrogens with one attached hydrogen (secondary N) is 2. The molecule has 5 heteroatoms. The fourth-order valence-corrected chi connectivity index (χ4v) is 2.66. The summed E-state index contributed by atoms with van der Waals surface area (Å²) in [7, 11) is 0. The molecule has 1 aromatic carbocycles. The van der Waals surface area contributed by atoms with E-state index in [1.807, 2.05) is 13.0 Å². The van der Waals surface area contributed by atoms with E-state index in [0.717, 1.165) is 31.2 Å². The molecule has 1 aliphatic rings. The molecule has 0 spiro atoms. The average molecular weight is 287 g/mol. The lowest BCUT2D eigenvalue weighted by Crippen LogP contribution is -2.40. The molecule has 0 heterocycles. The third-order valence-corrected chi connectivity index (χ3v) is 4.06. The van der Waals surface area contributed by atoms with Gasteiger partial charge in [-0.1, -0.05) is 6.07 Å². The van der Waals surface area contributed by atoms with E-state index in [2.05, 4.69) is 16.7 Å². The normalized spacial score (nSPS) is 21.4. The van der Waals surface area contributed by atoms with Gasteiger partial charge in [-0.05, 0) is 56.2 Å². The molecule has 0 aliphatic heterocycles. The smallest absolute Gasteiger partial charge is 0.319 e. The highest BCUT2D eigenvalue weighted by Gasteiger charge is 2.21. The van der Waals surface area contributed by atoms with Gasteiger partial charge in [-0.15, -0.1) is 0 Å². The van der Waals surface area contributed by atoms with Crippen molar-refractivity contribution in [2.45, 2.75) is 38.6 Å². The number of hydrogen-bond donors (Lipinski definition) is 3. The number of rotatable bonds is 3. The molecule has 1 aromatic rings. The predicted molar refractivity (Wildman–Crippen MR) is 80.9 cm³/mol. The third kappa shape index (κ3) is 4.20. The zero-order valence-corrected chi connectivity index (χ0v) is 12.2. The lowest BCUT2D eigenvalue weighted by Gasteiger charge is -2.28. The van der Waals surface area contributed by atoms with Gasteiger partial charge in [-0.2, -0.15) is 5.26 Å². The van der Waals surface area contributed by atoms with Gasteiger partial charge in [0.2, 0.25) is 0 Å². The van der Waals surface area contributed by atoms with Crippen molar-refractivity contribution in [2.75, 3.05) is 11.9 Å². The van der Waals surface area contributed by atoms with Crippen molar-refractivity contribution in [3.8, 4) is 6.07 Å².